The summed E-state index contributed by atoms with van der Waals surface area (Å²) in [7, 11) is -7.44. The minimum Gasteiger partial charge on any atom is -0.497 e. The quantitative estimate of drug-likeness (QED) is 0.282. The van der Waals surface area contributed by atoms with Crippen LogP contribution in [-0.2, 0) is 26.1 Å². The van der Waals surface area contributed by atoms with Gasteiger partial charge < -0.3 is 9.47 Å². The first-order chi connectivity index (χ1) is 16.5. The van der Waals surface area contributed by atoms with Gasteiger partial charge in [-0.1, -0.05) is 35.6 Å². The summed E-state index contributed by atoms with van der Waals surface area (Å²) in [6, 6.07) is 16.0. The predicted molar refractivity (Wildman–Crippen MR) is 132 cm³/mol. The summed E-state index contributed by atoms with van der Waals surface area (Å²) in [5.41, 5.74) is 0.942. The number of methoxy groups -OCH3 is 1. The molecule has 0 atom stereocenters. The summed E-state index contributed by atoms with van der Waals surface area (Å²) in [6.07, 6.45) is 1.47. The maximum Gasteiger partial charge on any atom is 0.326 e. The lowest BCUT2D eigenvalue weighted by molar-refractivity contribution is -0.648. The van der Waals surface area contributed by atoms with E-state index in [9.17, 15) is 25.9 Å². The first-order valence-corrected chi connectivity index (χ1v) is 14.2. The van der Waals surface area contributed by atoms with Gasteiger partial charge in [0.2, 0.25) is 11.4 Å². The molecule has 10 nitrogen and oxygen atoms in total. The van der Waals surface area contributed by atoms with Gasteiger partial charge in [0.25, 0.3) is 21.0 Å². The van der Waals surface area contributed by atoms with Gasteiger partial charge in [0.15, 0.2) is 11.6 Å². The number of ether oxygens (including phenoxy) is 2. The van der Waals surface area contributed by atoms with Crippen molar-refractivity contribution in [2.45, 2.75) is 5.88 Å². The van der Waals surface area contributed by atoms with Crippen molar-refractivity contribution in [3.05, 3.63) is 65.5 Å². The van der Waals surface area contributed by atoms with E-state index in [2.05, 4.69) is 0 Å². The van der Waals surface area contributed by atoms with Gasteiger partial charge in [0.1, 0.15) is 10.4 Å². The third-order valence-electron chi connectivity index (χ3n) is 5.38. The van der Waals surface area contributed by atoms with E-state index < -0.39 is 32.0 Å². The van der Waals surface area contributed by atoms with Gasteiger partial charge in [0.05, 0.1) is 24.3 Å². The van der Waals surface area contributed by atoms with Crippen LogP contribution in [0, 0.1) is 0 Å². The molecule has 1 aromatic heterocycles. The molecule has 35 heavy (non-hydrogen) atoms. The van der Waals surface area contributed by atoms with E-state index in [-0.39, 0.29) is 5.88 Å². The van der Waals surface area contributed by atoms with Crippen molar-refractivity contribution in [3.8, 4) is 11.5 Å². The summed E-state index contributed by atoms with van der Waals surface area (Å²) in [6.45, 7) is 0. The van der Waals surface area contributed by atoms with Crippen LogP contribution in [0.1, 0.15) is 5.01 Å². The minimum atomic E-state index is -4.46. The van der Waals surface area contributed by atoms with Crippen molar-refractivity contribution in [1.29, 1.82) is 0 Å². The monoisotopic (exact) mass is 535 g/mol. The third kappa shape index (κ3) is 4.68. The minimum absolute atomic E-state index is 0.0471. The number of rotatable bonds is 6. The van der Waals surface area contributed by atoms with Crippen LogP contribution in [0.5, 0.6) is 11.5 Å². The molecular weight excluding hydrogens is 516 g/mol. The van der Waals surface area contributed by atoms with Gasteiger partial charge >= 0.3 is 10.1 Å². The molecule has 4 aromatic rings. The molecule has 0 radical (unpaired) electrons. The van der Waals surface area contributed by atoms with Crippen LogP contribution < -0.4 is 18.9 Å². The van der Waals surface area contributed by atoms with Gasteiger partial charge in [-0.2, -0.15) is 21.4 Å². The number of hydrogen-bond acceptors (Lipinski definition) is 8. The number of hydrogen-bond donors (Lipinski definition) is 2. The second kappa shape index (κ2) is 8.46. The Balaban J connectivity index is 1.73. The first kappa shape index (κ1) is 23.5. The Hall–Kier alpha value is -3.23. The van der Waals surface area contributed by atoms with E-state index in [4.69, 9.17) is 9.47 Å². The van der Waals surface area contributed by atoms with Crippen LogP contribution in [0.3, 0.4) is 0 Å². The maximum atomic E-state index is 11.9. The van der Waals surface area contributed by atoms with E-state index in [1.807, 2.05) is 36.4 Å². The Bertz CT molecular complexity index is 1730. The van der Waals surface area contributed by atoms with Gasteiger partial charge in [0, 0.05) is 6.07 Å². The van der Waals surface area contributed by atoms with Crippen LogP contribution in [-0.4, -0.2) is 38.9 Å². The Morgan fingerprint density at radius 3 is 2.54 bits per heavy atom. The zero-order chi connectivity index (χ0) is 25.0. The summed E-state index contributed by atoms with van der Waals surface area (Å²) in [4.78, 5) is 1.24. The summed E-state index contributed by atoms with van der Waals surface area (Å²) >= 11 is 1.24. The van der Waals surface area contributed by atoms with E-state index in [0.717, 1.165) is 15.5 Å². The lowest BCUT2D eigenvalue weighted by Gasteiger charge is -2.16. The van der Waals surface area contributed by atoms with E-state index in [1.54, 1.807) is 18.2 Å². The van der Waals surface area contributed by atoms with Crippen molar-refractivity contribution in [1.82, 2.24) is 0 Å². The second-order valence-electron chi connectivity index (χ2n) is 7.77. The molecule has 0 saturated carbocycles. The summed E-state index contributed by atoms with van der Waals surface area (Å²) in [5, 5.41) is 2.04. The number of aromatic nitrogens is 1. The molecule has 0 amide bonds. The normalized spacial score (nSPS) is 15.1. The maximum absolute atomic E-state index is 11.9. The molecule has 5 rings (SSSR count). The molecule has 2 heterocycles. The number of anilines is 1. The first-order valence-electron chi connectivity index (χ1n) is 10.1. The SMILES string of the molecule is COc1ccc2c(c1)N(CS(=O)(=O)O)C(=Cc1sc3ccc4ccccc4c3[n+]1CS(=O)(=O)O)O2. The third-order valence-corrected chi connectivity index (χ3v) is 7.65. The Kier molecular flexibility index (Phi) is 5.68. The lowest BCUT2D eigenvalue weighted by Crippen LogP contribution is -2.39. The van der Waals surface area contributed by atoms with E-state index >= 15 is 0 Å². The molecular formula is C22H19N2O8S3+. The topological polar surface area (TPSA) is 134 Å². The fourth-order valence-electron chi connectivity index (χ4n) is 3.99. The Morgan fingerprint density at radius 2 is 1.83 bits per heavy atom. The highest BCUT2D eigenvalue weighted by atomic mass is 32.2. The zero-order valence-electron chi connectivity index (χ0n) is 18.2. The summed E-state index contributed by atoms with van der Waals surface area (Å²) in [5.74, 6) is -0.701. The average Bonchev–Trinajstić information content (AvgIpc) is 3.29. The molecule has 0 fully saturated rings. The van der Waals surface area contributed by atoms with Crippen molar-refractivity contribution in [2.24, 2.45) is 0 Å². The highest BCUT2D eigenvalue weighted by molar-refractivity contribution is 7.85. The van der Waals surface area contributed by atoms with Crippen LogP contribution in [0.15, 0.2) is 60.5 Å². The van der Waals surface area contributed by atoms with E-state index in [0.29, 0.717) is 27.7 Å². The molecule has 3 aromatic carbocycles. The highest BCUT2D eigenvalue weighted by Gasteiger charge is 2.33. The van der Waals surface area contributed by atoms with Gasteiger partial charge in [-0.05, 0) is 29.7 Å². The standard InChI is InChI=1S/C22H18N2O8S3/c1-31-15-7-8-18-17(10-15)23(12-34(25,26)27)20(32-18)11-21-24(13-35(28,29)30)22-16-5-3-2-4-14(16)6-9-19(22)33-21/h2-11H,12-13H2,1H3,(H-,25,26,27,28,29,30)/p+1. The Labute approximate surface area is 204 Å². The molecule has 0 bridgehead atoms. The van der Waals surface area contributed by atoms with Crippen LogP contribution in [0.4, 0.5) is 5.69 Å². The van der Waals surface area contributed by atoms with Crippen molar-refractivity contribution < 1.29 is 40.0 Å². The molecule has 182 valence electrons. The summed E-state index contributed by atoms with van der Waals surface area (Å²) < 4.78 is 79.9. The number of benzene rings is 3. The van der Waals surface area contributed by atoms with Crippen LogP contribution in [0.25, 0.3) is 27.1 Å². The van der Waals surface area contributed by atoms with Crippen LogP contribution >= 0.6 is 11.3 Å². The fraction of sp³-hybridized carbons (Fsp3) is 0.136. The predicted octanol–water partition coefficient (Wildman–Crippen LogP) is 3.24. The molecule has 1 aliphatic rings. The number of nitrogens with zero attached hydrogens (tertiary/aromatic N) is 2. The average molecular weight is 536 g/mol. The fourth-order valence-corrected chi connectivity index (χ4v) is 6.36. The molecule has 13 heteroatoms. The van der Waals surface area contributed by atoms with Crippen molar-refractivity contribution in [3.63, 3.8) is 0 Å². The molecule has 0 unspecified atom stereocenters. The number of fused-ring (bicyclic) bond motifs is 4. The zero-order valence-corrected chi connectivity index (χ0v) is 20.6. The number of thiazole rings is 1. The van der Waals surface area contributed by atoms with Gasteiger partial charge in [-0.25, -0.2) is 0 Å². The molecule has 1 aliphatic heterocycles. The largest absolute Gasteiger partial charge is 0.497 e. The molecule has 2 N–H and O–H groups in total. The highest BCUT2D eigenvalue weighted by Crippen LogP contribution is 2.42. The van der Waals surface area contributed by atoms with Crippen molar-refractivity contribution >= 4 is 64.3 Å². The van der Waals surface area contributed by atoms with Crippen molar-refractivity contribution in [2.75, 3.05) is 17.9 Å². The van der Waals surface area contributed by atoms with E-state index in [1.165, 1.54) is 34.0 Å². The Morgan fingerprint density at radius 1 is 1.06 bits per heavy atom. The molecule has 0 saturated heterocycles. The van der Waals surface area contributed by atoms with Crippen LogP contribution in [0.2, 0.25) is 0 Å². The van der Waals surface area contributed by atoms with Gasteiger partial charge in [-0.3, -0.25) is 14.0 Å². The second-order valence-corrected chi connectivity index (χ2v) is 11.7. The molecule has 0 spiro atoms. The lowest BCUT2D eigenvalue weighted by atomic mass is 10.1. The molecule has 0 aliphatic carbocycles. The van der Waals surface area contributed by atoms with Gasteiger partial charge in [-0.15, -0.1) is 0 Å². The smallest absolute Gasteiger partial charge is 0.326 e.